The Bertz CT molecular complexity index is 1450. The lowest BCUT2D eigenvalue weighted by Crippen LogP contribution is -2.31. The number of carbonyl (C=O) groups excluding carboxylic acids is 1. The highest BCUT2D eigenvalue weighted by Gasteiger charge is 2.41. The van der Waals surface area contributed by atoms with E-state index in [9.17, 15) is 9.59 Å². The van der Waals surface area contributed by atoms with Gasteiger partial charge in [-0.2, -0.15) is 0 Å². The Morgan fingerprint density at radius 1 is 0.970 bits per heavy atom. The number of allylic oxidation sites excluding steroid dienone is 2. The number of hydrogen-bond acceptors (Lipinski definition) is 4. The van der Waals surface area contributed by atoms with Crippen molar-refractivity contribution in [2.75, 3.05) is 5.32 Å². The predicted octanol–water partition coefficient (Wildman–Crippen LogP) is 5.95. The van der Waals surface area contributed by atoms with Crippen LogP contribution in [0.2, 0.25) is 0 Å². The number of aromatic nitrogens is 2. The second-order valence-electron chi connectivity index (χ2n) is 8.43. The Labute approximate surface area is 202 Å². The van der Waals surface area contributed by atoms with Crippen molar-refractivity contribution < 1.29 is 4.79 Å². The molecule has 1 aliphatic heterocycles. The van der Waals surface area contributed by atoms with Gasteiger partial charge in [-0.3, -0.25) is 14.7 Å². The van der Waals surface area contributed by atoms with Crippen LogP contribution in [-0.2, 0) is 4.79 Å². The average Bonchev–Trinajstić information content (AvgIpc) is 3.47. The normalized spacial score (nSPS) is 19.7. The number of nitrogens with one attached hydrogen (secondary N) is 2. The van der Waals surface area contributed by atoms with Gasteiger partial charge in [0.15, 0.2) is 5.78 Å². The van der Waals surface area contributed by atoms with E-state index in [2.05, 4.69) is 37.8 Å². The van der Waals surface area contributed by atoms with Crippen molar-refractivity contribution in [3.63, 3.8) is 0 Å². The first-order chi connectivity index (χ1) is 16.1. The van der Waals surface area contributed by atoms with Crippen LogP contribution in [0.4, 0.5) is 5.82 Å². The van der Waals surface area contributed by atoms with Crippen molar-refractivity contribution in [1.82, 2.24) is 9.78 Å². The molecule has 5 nitrogen and oxygen atoms in total. The lowest BCUT2D eigenvalue weighted by atomic mass is 9.74. The summed E-state index contributed by atoms with van der Waals surface area (Å²) in [5, 5.41) is 8.76. The van der Waals surface area contributed by atoms with Crippen LogP contribution in [0.3, 0.4) is 0 Å². The van der Waals surface area contributed by atoms with Crippen LogP contribution < -0.4 is 10.9 Å². The van der Waals surface area contributed by atoms with Gasteiger partial charge in [0.05, 0.1) is 11.3 Å². The summed E-state index contributed by atoms with van der Waals surface area (Å²) in [6, 6.07) is 21.5. The molecule has 2 aromatic heterocycles. The Balaban J connectivity index is 1.54. The molecule has 0 saturated carbocycles. The standard InChI is InChI=1S/C26H20BrN3O2S/c27-17-7-4-6-15(12-17)22-23-19(13-16(14-20(23)31)21-10-5-11-33-21)28-25-24(22)26(32)30(29-25)18-8-2-1-3-9-18/h1-12,16,22,28-29H,13-14H2/t16-,22-/m1/s1. The van der Waals surface area contributed by atoms with Crippen LogP contribution in [0.15, 0.2) is 92.6 Å². The topological polar surface area (TPSA) is 66.9 Å². The molecule has 2 aliphatic rings. The summed E-state index contributed by atoms with van der Waals surface area (Å²) in [7, 11) is 0. The van der Waals surface area contributed by atoms with E-state index in [4.69, 9.17) is 0 Å². The molecule has 4 aromatic rings. The average molecular weight is 518 g/mol. The number of ketones is 1. The lowest BCUT2D eigenvalue weighted by molar-refractivity contribution is -0.116. The molecule has 0 spiro atoms. The molecule has 2 N–H and O–H groups in total. The molecule has 0 fully saturated rings. The summed E-state index contributed by atoms with van der Waals surface area (Å²) in [4.78, 5) is 28.5. The Morgan fingerprint density at radius 3 is 2.58 bits per heavy atom. The van der Waals surface area contributed by atoms with E-state index in [0.717, 1.165) is 27.8 Å². The minimum Gasteiger partial charge on any atom is -0.343 e. The quantitative estimate of drug-likeness (QED) is 0.353. The van der Waals surface area contributed by atoms with Crippen LogP contribution in [0.5, 0.6) is 0 Å². The fraction of sp³-hybridized carbons (Fsp3) is 0.154. The van der Waals surface area contributed by atoms with Gasteiger partial charge in [-0.1, -0.05) is 52.3 Å². The summed E-state index contributed by atoms with van der Waals surface area (Å²) in [6.45, 7) is 0. The second-order valence-corrected chi connectivity index (χ2v) is 10.3. The number of hydrogen-bond donors (Lipinski definition) is 2. The zero-order valence-electron chi connectivity index (χ0n) is 17.5. The van der Waals surface area contributed by atoms with Crippen molar-refractivity contribution in [2.24, 2.45) is 0 Å². The number of fused-ring (bicyclic) bond motifs is 1. The fourth-order valence-corrected chi connectivity index (χ4v) is 6.24. The number of nitrogens with zero attached hydrogens (tertiary/aromatic N) is 1. The van der Waals surface area contributed by atoms with E-state index in [0.29, 0.717) is 23.4 Å². The van der Waals surface area contributed by atoms with Gasteiger partial charge in [0, 0.05) is 38.9 Å². The number of rotatable bonds is 3. The molecule has 3 heterocycles. The highest BCUT2D eigenvalue weighted by Crippen LogP contribution is 2.47. The molecule has 33 heavy (non-hydrogen) atoms. The van der Waals surface area contributed by atoms with Crippen molar-refractivity contribution in [1.29, 1.82) is 0 Å². The van der Waals surface area contributed by atoms with Gasteiger partial charge < -0.3 is 5.32 Å². The van der Waals surface area contributed by atoms with E-state index in [1.54, 1.807) is 16.0 Å². The van der Waals surface area contributed by atoms with Crippen molar-refractivity contribution in [2.45, 2.75) is 24.7 Å². The van der Waals surface area contributed by atoms with Gasteiger partial charge >= 0.3 is 0 Å². The van der Waals surface area contributed by atoms with Gasteiger partial charge in [-0.05, 0) is 47.7 Å². The summed E-state index contributed by atoms with van der Waals surface area (Å²) in [5.41, 5.74) is 3.74. The highest BCUT2D eigenvalue weighted by atomic mass is 79.9. The number of aromatic amines is 1. The van der Waals surface area contributed by atoms with Crippen LogP contribution in [-0.4, -0.2) is 15.6 Å². The van der Waals surface area contributed by atoms with Gasteiger partial charge in [0.25, 0.3) is 5.56 Å². The molecule has 6 rings (SSSR count). The maximum absolute atomic E-state index is 13.7. The van der Waals surface area contributed by atoms with E-state index in [1.165, 1.54) is 4.88 Å². The van der Waals surface area contributed by atoms with E-state index < -0.39 is 5.92 Å². The molecule has 2 aromatic carbocycles. The van der Waals surface area contributed by atoms with Gasteiger partial charge in [-0.25, -0.2) is 4.68 Å². The number of benzene rings is 2. The summed E-state index contributed by atoms with van der Waals surface area (Å²) in [5.74, 6) is 0.493. The molecule has 7 heteroatoms. The number of para-hydroxylation sites is 1. The summed E-state index contributed by atoms with van der Waals surface area (Å²) < 4.78 is 2.48. The largest absolute Gasteiger partial charge is 0.343 e. The molecule has 0 saturated heterocycles. The van der Waals surface area contributed by atoms with Crippen molar-refractivity contribution >= 4 is 38.9 Å². The third-order valence-electron chi connectivity index (χ3n) is 6.43. The minimum atomic E-state index is -0.417. The molecule has 164 valence electrons. The molecule has 0 amide bonds. The van der Waals surface area contributed by atoms with Crippen LogP contribution in [0.25, 0.3) is 5.69 Å². The molecular weight excluding hydrogens is 498 g/mol. The van der Waals surface area contributed by atoms with Crippen LogP contribution >= 0.6 is 27.3 Å². The van der Waals surface area contributed by atoms with Crippen LogP contribution in [0.1, 0.15) is 40.7 Å². The van der Waals surface area contributed by atoms with Gasteiger partial charge in [0.2, 0.25) is 0 Å². The zero-order chi connectivity index (χ0) is 22.5. The minimum absolute atomic E-state index is 0.102. The van der Waals surface area contributed by atoms with E-state index in [1.807, 2.05) is 60.7 Å². The number of Topliss-reactive ketones (excluding diaryl/α,β-unsaturated/α-hetero) is 1. The second kappa shape index (κ2) is 8.01. The first-order valence-corrected chi connectivity index (χ1v) is 12.5. The molecule has 2 atom stereocenters. The molecule has 1 aliphatic carbocycles. The Morgan fingerprint density at radius 2 is 1.82 bits per heavy atom. The molecular formula is C26H20BrN3O2S. The van der Waals surface area contributed by atoms with E-state index >= 15 is 0 Å². The number of halogens is 1. The van der Waals surface area contributed by atoms with Crippen molar-refractivity contribution in [3.8, 4) is 5.69 Å². The number of H-pyrrole nitrogens is 1. The lowest BCUT2D eigenvalue weighted by Gasteiger charge is -2.34. The van der Waals surface area contributed by atoms with Crippen LogP contribution in [0, 0.1) is 0 Å². The van der Waals surface area contributed by atoms with Crippen molar-refractivity contribution in [3.05, 3.63) is 114 Å². The molecule has 0 unspecified atom stereocenters. The highest BCUT2D eigenvalue weighted by molar-refractivity contribution is 9.10. The van der Waals surface area contributed by atoms with E-state index in [-0.39, 0.29) is 17.3 Å². The Hall–Kier alpha value is -3.16. The first-order valence-electron chi connectivity index (χ1n) is 10.8. The fourth-order valence-electron chi connectivity index (χ4n) is 5.00. The Kier molecular flexibility index (Phi) is 4.96. The summed E-state index contributed by atoms with van der Waals surface area (Å²) in [6.07, 6.45) is 1.20. The third-order valence-corrected chi connectivity index (χ3v) is 7.96. The zero-order valence-corrected chi connectivity index (χ0v) is 19.9. The van der Waals surface area contributed by atoms with Gasteiger partial charge in [-0.15, -0.1) is 11.3 Å². The smallest absolute Gasteiger partial charge is 0.277 e. The first kappa shape index (κ1) is 20.4. The number of carbonyl (C=O) groups is 1. The monoisotopic (exact) mass is 517 g/mol. The predicted molar refractivity (Wildman–Crippen MR) is 134 cm³/mol. The van der Waals surface area contributed by atoms with Gasteiger partial charge in [0.1, 0.15) is 5.82 Å². The number of thiophene rings is 1. The maximum atomic E-state index is 13.7. The SMILES string of the molecule is O=C1C[C@H](c2cccs2)CC2=C1[C@@H](c1cccc(Br)c1)c1c([nH]n(-c3ccccc3)c1=O)N2. The summed E-state index contributed by atoms with van der Waals surface area (Å²) >= 11 is 5.25. The maximum Gasteiger partial charge on any atom is 0.277 e. The number of anilines is 1. The molecule has 0 radical (unpaired) electrons. The molecule has 0 bridgehead atoms. The third kappa shape index (κ3) is 3.43.